The fourth-order valence-corrected chi connectivity index (χ4v) is 2.53. The number of rotatable bonds is 2. The number of aliphatic imine (C=N–C) groups is 1. The van der Waals surface area contributed by atoms with Crippen LogP contribution < -0.4 is 5.32 Å². The molecule has 1 aromatic heterocycles. The highest BCUT2D eigenvalue weighted by atomic mass is 35.5. The molecule has 1 aromatic carbocycles. The first kappa shape index (κ1) is 16.6. The van der Waals surface area contributed by atoms with Crippen LogP contribution in [0.25, 0.3) is 0 Å². The molecule has 0 atom stereocenters. The molecule has 24 heavy (non-hydrogen) atoms. The number of carbonyl (C=O) groups excluding carboxylic acids is 1. The van der Waals surface area contributed by atoms with Crippen LogP contribution in [-0.4, -0.2) is 16.6 Å². The lowest BCUT2D eigenvalue weighted by molar-refractivity contribution is -0.123. The molecule has 3 rings (SSSR count). The smallest absolute Gasteiger partial charge is 0.229 e. The van der Waals surface area contributed by atoms with E-state index in [1.165, 1.54) is 12.3 Å². The van der Waals surface area contributed by atoms with E-state index in [-0.39, 0.29) is 11.7 Å². The second-order valence-electron chi connectivity index (χ2n) is 6.77. The summed E-state index contributed by atoms with van der Waals surface area (Å²) in [5.41, 5.74) is 1.80. The Bertz CT molecular complexity index is 856. The van der Waals surface area contributed by atoms with Crippen molar-refractivity contribution in [1.82, 2.24) is 4.98 Å². The molecule has 0 radical (unpaired) electrons. The van der Waals surface area contributed by atoms with E-state index in [9.17, 15) is 9.18 Å². The van der Waals surface area contributed by atoms with E-state index in [4.69, 9.17) is 11.6 Å². The molecule has 124 valence electrons. The Balaban J connectivity index is 1.90. The molecule has 0 aliphatic carbocycles. The molecule has 1 N–H and O–H groups in total. The zero-order valence-electron chi connectivity index (χ0n) is 13.7. The fraction of sp³-hybridized carbons (Fsp3) is 0.278. The molecule has 2 heterocycles. The lowest BCUT2D eigenvalue weighted by atomic mass is 9.95. The summed E-state index contributed by atoms with van der Waals surface area (Å²) in [6.07, 6.45) is 1.97. The number of carbonyl (C=O) groups is 1. The monoisotopic (exact) mass is 345 g/mol. The lowest BCUT2D eigenvalue weighted by Crippen LogP contribution is -2.27. The van der Waals surface area contributed by atoms with Gasteiger partial charge in [-0.2, -0.15) is 0 Å². The molecule has 0 fully saturated rings. The standard InChI is InChI=1S/C18H17ClFN3O/c1-18(2,3)17(24)22-12-4-5-14(20)13(8-12)15-7-10-6-11(19)9-21-16(10)23-15/h4-6,8-9H,7H2,1-3H3,(H,22,24). The van der Waals surface area contributed by atoms with Crippen LogP contribution in [0.1, 0.15) is 31.9 Å². The van der Waals surface area contributed by atoms with Gasteiger partial charge >= 0.3 is 0 Å². The highest BCUT2D eigenvalue weighted by molar-refractivity contribution is 6.30. The minimum absolute atomic E-state index is 0.134. The summed E-state index contributed by atoms with van der Waals surface area (Å²) in [5.74, 6) is 0.0319. The molecular formula is C18H17ClFN3O. The first-order valence-corrected chi connectivity index (χ1v) is 7.95. The Kier molecular flexibility index (Phi) is 4.13. The van der Waals surface area contributed by atoms with E-state index in [0.717, 1.165) is 5.56 Å². The Hall–Kier alpha value is -2.27. The number of halogens is 2. The predicted molar refractivity (Wildman–Crippen MR) is 93.6 cm³/mol. The van der Waals surface area contributed by atoms with Crippen molar-refractivity contribution < 1.29 is 9.18 Å². The van der Waals surface area contributed by atoms with Crippen LogP contribution in [0.3, 0.4) is 0 Å². The van der Waals surface area contributed by atoms with Crippen molar-refractivity contribution in [3.63, 3.8) is 0 Å². The van der Waals surface area contributed by atoms with E-state index in [1.54, 1.807) is 18.2 Å². The summed E-state index contributed by atoms with van der Waals surface area (Å²) < 4.78 is 14.3. The van der Waals surface area contributed by atoms with Gasteiger partial charge in [0.1, 0.15) is 5.82 Å². The van der Waals surface area contributed by atoms with Gasteiger partial charge in [0.05, 0.1) is 10.7 Å². The third kappa shape index (κ3) is 3.31. The minimum atomic E-state index is -0.531. The van der Waals surface area contributed by atoms with Gasteiger partial charge in [-0.1, -0.05) is 32.4 Å². The van der Waals surface area contributed by atoms with E-state index < -0.39 is 5.41 Å². The van der Waals surface area contributed by atoms with Crippen molar-refractivity contribution in [2.75, 3.05) is 5.32 Å². The Morgan fingerprint density at radius 3 is 2.75 bits per heavy atom. The first-order valence-electron chi connectivity index (χ1n) is 7.57. The Labute approximate surface area is 144 Å². The number of nitrogens with one attached hydrogen (secondary N) is 1. The maximum atomic E-state index is 14.3. The highest BCUT2D eigenvalue weighted by Crippen LogP contribution is 2.30. The number of hydrogen-bond donors (Lipinski definition) is 1. The summed E-state index contributed by atoms with van der Waals surface area (Å²) in [5, 5.41) is 3.33. The molecule has 1 amide bonds. The average Bonchev–Trinajstić information content (AvgIpc) is 2.90. The van der Waals surface area contributed by atoms with Gasteiger partial charge in [0.2, 0.25) is 5.91 Å². The fourth-order valence-electron chi connectivity index (χ4n) is 2.35. The van der Waals surface area contributed by atoms with Crippen molar-refractivity contribution in [3.8, 4) is 0 Å². The van der Waals surface area contributed by atoms with Crippen molar-refractivity contribution >= 4 is 34.7 Å². The molecular weight excluding hydrogens is 329 g/mol. The third-order valence-corrected chi connectivity index (χ3v) is 3.93. The Morgan fingerprint density at radius 1 is 1.29 bits per heavy atom. The largest absolute Gasteiger partial charge is 0.326 e. The normalized spacial score (nSPS) is 13.5. The van der Waals surface area contributed by atoms with Gasteiger partial charge in [-0.3, -0.25) is 4.79 Å². The number of benzene rings is 1. The van der Waals surface area contributed by atoms with Gasteiger partial charge in [-0.25, -0.2) is 14.4 Å². The second kappa shape index (κ2) is 5.98. The number of aromatic nitrogens is 1. The summed E-state index contributed by atoms with van der Waals surface area (Å²) >= 11 is 5.94. The van der Waals surface area contributed by atoms with Crippen LogP contribution in [0.4, 0.5) is 15.9 Å². The topological polar surface area (TPSA) is 54.4 Å². The van der Waals surface area contributed by atoms with Gasteiger partial charge in [-0.05, 0) is 24.3 Å². The zero-order valence-corrected chi connectivity index (χ0v) is 14.4. The van der Waals surface area contributed by atoms with Crippen molar-refractivity contribution in [2.45, 2.75) is 27.2 Å². The maximum Gasteiger partial charge on any atom is 0.229 e. The number of nitrogens with zero attached hydrogens (tertiary/aromatic N) is 2. The van der Waals surface area contributed by atoms with E-state index in [2.05, 4.69) is 15.3 Å². The average molecular weight is 346 g/mol. The zero-order chi connectivity index (χ0) is 17.5. The van der Waals surface area contributed by atoms with Gasteiger partial charge in [0, 0.05) is 34.8 Å². The molecule has 0 unspecified atom stereocenters. The number of pyridine rings is 1. The lowest BCUT2D eigenvalue weighted by Gasteiger charge is -2.18. The van der Waals surface area contributed by atoms with Gasteiger partial charge < -0.3 is 5.32 Å². The summed E-state index contributed by atoms with van der Waals surface area (Å²) in [7, 11) is 0. The van der Waals surface area contributed by atoms with Gasteiger partial charge in [-0.15, -0.1) is 0 Å². The number of anilines is 1. The van der Waals surface area contributed by atoms with Crippen LogP contribution in [0, 0.1) is 11.2 Å². The van der Waals surface area contributed by atoms with Crippen LogP contribution in [0.15, 0.2) is 35.5 Å². The molecule has 1 aliphatic heterocycles. The second-order valence-corrected chi connectivity index (χ2v) is 7.21. The maximum absolute atomic E-state index is 14.3. The van der Waals surface area contributed by atoms with Crippen LogP contribution in [0.2, 0.25) is 5.02 Å². The van der Waals surface area contributed by atoms with Crippen molar-refractivity contribution in [3.05, 3.63) is 52.4 Å². The predicted octanol–water partition coefficient (Wildman–Crippen LogP) is 4.54. The van der Waals surface area contributed by atoms with E-state index in [0.29, 0.717) is 34.2 Å². The molecule has 1 aliphatic rings. The van der Waals surface area contributed by atoms with Crippen LogP contribution in [0.5, 0.6) is 0 Å². The van der Waals surface area contributed by atoms with E-state index in [1.807, 2.05) is 20.8 Å². The SMILES string of the molecule is CC(C)(C)C(=O)Nc1ccc(F)c(C2=Nc3ncc(Cl)cc3C2)c1. The molecule has 0 saturated heterocycles. The summed E-state index contributed by atoms with van der Waals surface area (Å²) in [6.45, 7) is 5.46. The van der Waals surface area contributed by atoms with Crippen LogP contribution in [-0.2, 0) is 11.2 Å². The number of amides is 1. The summed E-state index contributed by atoms with van der Waals surface area (Å²) in [4.78, 5) is 20.7. The van der Waals surface area contributed by atoms with Crippen molar-refractivity contribution in [2.24, 2.45) is 10.4 Å². The van der Waals surface area contributed by atoms with Gasteiger partial charge in [0.25, 0.3) is 0 Å². The molecule has 0 bridgehead atoms. The molecule has 2 aromatic rings. The molecule has 6 heteroatoms. The number of fused-ring (bicyclic) bond motifs is 1. The molecule has 4 nitrogen and oxygen atoms in total. The summed E-state index contributed by atoms with van der Waals surface area (Å²) in [6, 6.07) is 6.26. The van der Waals surface area contributed by atoms with E-state index >= 15 is 0 Å². The van der Waals surface area contributed by atoms with Crippen LogP contribution >= 0.6 is 11.6 Å². The number of hydrogen-bond acceptors (Lipinski definition) is 3. The highest BCUT2D eigenvalue weighted by Gasteiger charge is 2.23. The first-order chi connectivity index (χ1) is 11.2. The minimum Gasteiger partial charge on any atom is -0.326 e. The Morgan fingerprint density at radius 2 is 2.04 bits per heavy atom. The molecule has 0 spiro atoms. The van der Waals surface area contributed by atoms with Gasteiger partial charge in [0.15, 0.2) is 5.82 Å². The third-order valence-electron chi connectivity index (χ3n) is 3.72. The molecule has 0 saturated carbocycles. The quantitative estimate of drug-likeness (QED) is 0.869. The van der Waals surface area contributed by atoms with Crippen molar-refractivity contribution in [1.29, 1.82) is 0 Å².